The van der Waals surface area contributed by atoms with Crippen molar-refractivity contribution in [3.63, 3.8) is 0 Å². The van der Waals surface area contributed by atoms with E-state index in [9.17, 15) is 9.59 Å². The maximum atomic E-state index is 12.6. The molecule has 130 valence electrons. The van der Waals surface area contributed by atoms with Crippen LogP contribution in [0, 0.1) is 6.92 Å². The SMILES string of the molecule is Cc1ccccc1C(=O)Nc1ccc(C(=O)N2CCOCC2C)cc1. The molecule has 0 aromatic heterocycles. The van der Waals surface area contributed by atoms with Crippen LogP contribution in [0.15, 0.2) is 48.5 Å². The standard InChI is InChI=1S/C20H22N2O3/c1-14-5-3-4-6-18(14)19(23)21-17-9-7-16(8-10-17)20(24)22-11-12-25-13-15(22)2/h3-10,15H,11-13H2,1-2H3,(H,21,23). The number of carbonyl (C=O) groups is 2. The minimum Gasteiger partial charge on any atom is -0.377 e. The molecule has 1 N–H and O–H groups in total. The van der Waals surface area contributed by atoms with Gasteiger partial charge in [-0.05, 0) is 49.7 Å². The van der Waals surface area contributed by atoms with E-state index in [1.165, 1.54) is 0 Å². The Hall–Kier alpha value is -2.66. The second-order valence-electron chi connectivity index (χ2n) is 6.27. The van der Waals surface area contributed by atoms with Gasteiger partial charge in [0.25, 0.3) is 11.8 Å². The lowest BCUT2D eigenvalue weighted by Gasteiger charge is -2.33. The molecule has 0 aliphatic carbocycles. The molecular formula is C20H22N2O3. The minimum atomic E-state index is -0.154. The molecule has 1 fully saturated rings. The highest BCUT2D eigenvalue weighted by Crippen LogP contribution is 2.16. The summed E-state index contributed by atoms with van der Waals surface area (Å²) in [5, 5.41) is 2.87. The second-order valence-corrected chi connectivity index (χ2v) is 6.27. The number of benzene rings is 2. The van der Waals surface area contributed by atoms with Crippen molar-refractivity contribution in [1.82, 2.24) is 4.90 Å². The van der Waals surface area contributed by atoms with E-state index in [4.69, 9.17) is 4.74 Å². The summed E-state index contributed by atoms with van der Waals surface area (Å²) in [6.45, 7) is 5.62. The molecule has 3 rings (SSSR count). The van der Waals surface area contributed by atoms with Gasteiger partial charge in [0, 0.05) is 23.4 Å². The van der Waals surface area contributed by atoms with Crippen molar-refractivity contribution in [1.29, 1.82) is 0 Å². The summed E-state index contributed by atoms with van der Waals surface area (Å²) in [6.07, 6.45) is 0. The minimum absolute atomic E-state index is 0.00687. The molecule has 1 aliphatic rings. The van der Waals surface area contributed by atoms with Crippen molar-refractivity contribution in [2.75, 3.05) is 25.1 Å². The largest absolute Gasteiger partial charge is 0.377 e. The molecule has 1 atom stereocenters. The Kier molecular flexibility index (Phi) is 5.14. The summed E-state index contributed by atoms with van der Waals surface area (Å²) in [7, 11) is 0. The van der Waals surface area contributed by atoms with Crippen molar-refractivity contribution >= 4 is 17.5 Å². The molecule has 0 bridgehead atoms. The van der Waals surface area contributed by atoms with Crippen LogP contribution in [0.25, 0.3) is 0 Å². The zero-order valence-corrected chi connectivity index (χ0v) is 14.5. The summed E-state index contributed by atoms with van der Waals surface area (Å²) >= 11 is 0. The van der Waals surface area contributed by atoms with E-state index in [0.29, 0.717) is 36.6 Å². The number of morpholine rings is 1. The fourth-order valence-electron chi connectivity index (χ4n) is 2.92. The zero-order chi connectivity index (χ0) is 17.8. The van der Waals surface area contributed by atoms with Crippen molar-refractivity contribution in [2.24, 2.45) is 0 Å². The molecule has 0 spiro atoms. The van der Waals surface area contributed by atoms with Gasteiger partial charge in [-0.25, -0.2) is 0 Å². The Balaban J connectivity index is 1.69. The van der Waals surface area contributed by atoms with Crippen LogP contribution in [0.3, 0.4) is 0 Å². The topological polar surface area (TPSA) is 58.6 Å². The first-order valence-electron chi connectivity index (χ1n) is 8.42. The Morgan fingerprint density at radius 3 is 2.52 bits per heavy atom. The van der Waals surface area contributed by atoms with Crippen LogP contribution in [0.2, 0.25) is 0 Å². The first-order chi connectivity index (χ1) is 12.1. The van der Waals surface area contributed by atoms with Crippen LogP contribution in [0.4, 0.5) is 5.69 Å². The Morgan fingerprint density at radius 2 is 1.84 bits per heavy atom. The normalized spacial score (nSPS) is 17.2. The van der Waals surface area contributed by atoms with Crippen molar-refractivity contribution in [2.45, 2.75) is 19.9 Å². The quantitative estimate of drug-likeness (QED) is 0.935. The molecule has 1 unspecified atom stereocenters. The summed E-state index contributed by atoms with van der Waals surface area (Å²) in [5.41, 5.74) is 2.85. The Bertz CT molecular complexity index is 771. The number of amides is 2. The second kappa shape index (κ2) is 7.49. The lowest BCUT2D eigenvalue weighted by molar-refractivity contribution is 0.00359. The number of hydrogen-bond acceptors (Lipinski definition) is 3. The van der Waals surface area contributed by atoms with Crippen LogP contribution in [0.5, 0.6) is 0 Å². The molecule has 2 aromatic rings. The molecule has 1 saturated heterocycles. The molecule has 5 heteroatoms. The number of aryl methyl sites for hydroxylation is 1. The van der Waals surface area contributed by atoms with E-state index in [0.717, 1.165) is 5.56 Å². The molecule has 1 heterocycles. The first kappa shape index (κ1) is 17.2. The molecule has 5 nitrogen and oxygen atoms in total. The number of hydrogen-bond donors (Lipinski definition) is 1. The van der Waals surface area contributed by atoms with Crippen molar-refractivity contribution in [3.8, 4) is 0 Å². The number of carbonyl (C=O) groups excluding carboxylic acids is 2. The molecule has 2 amide bonds. The van der Waals surface area contributed by atoms with Crippen LogP contribution < -0.4 is 5.32 Å². The van der Waals surface area contributed by atoms with Gasteiger partial charge in [-0.15, -0.1) is 0 Å². The molecule has 1 aliphatic heterocycles. The highest BCUT2D eigenvalue weighted by atomic mass is 16.5. The fourth-order valence-corrected chi connectivity index (χ4v) is 2.92. The van der Waals surface area contributed by atoms with Crippen LogP contribution in [-0.4, -0.2) is 42.5 Å². The molecule has 2 aromatic carbocycles. The third-order valence-electron chi connectivity index (χ3n) is 4.41. The van der Waals surface area contributed by atoms with E-state index in [2.05, 4.69) is 5.32 Å². The van der Waals surface area contributed by atoms with Gasteiger partial charge >= 0.3 is 0 Å². The highest BCUT2D eigenvalue weighted by Gasteiger charge is 2.24. The lowest BCUT2D eigenvalue weighted by Crippen LogP contribution is -2.47. The molecule has 0 saturated carbocycles. The highest BCUT2D eigenvalue weighted by molar-refractivity contribution is 6.05. The Labute approximate surface area is 147 Å². The zero-order valence-electron chi connectivity index (χ0n) is 14.5. The number of ether oxygens (including phenoxy) is 1. The maximum absolute atomic E-state index is 12.6. The van der Waals surface area contributed by atoms with Gasteiger partial charge in [-0.1, -0.05) is 18.2 Å². The summed E-state index contributed by atoms with van der Waals surface area (Å²) < 4.78 is 5.37. The predicted octanol–water partition coefficient (Wildman–Crippen LogP) is 3.11. The van der Waals surface area contributed by atoms with Crippen LogP contribution in [0.1, 0.15) is 33.2 Å². The lowest BCUT2D eigenvalue weighted by atomic mass is 10.1. The number of anilines is 1. The van der Waals surface area contributed by atoms with Gasteiger partial charge in [0.15, 0.2) is 0 Å². The van der Waals surface area contributed by atoms with Gasteiger partial charge in [-0.3, -0.25) is 9.59 Å². The third kappa shape index (κ3) is 3.88. The van der Waals surface area contributed by atoms with Gasteiger partial charge in [0.1, 0.15) is 0 Å². The van der Waals surface area contributed by atoms with E-state index >= 15 is 0 Å². The molecule has 0 radical (unpaired) electrons. The van der Waals surface area contributed by atoms with E-state index < -0.39 is 0 Å². The van der Waals surface area contributed by atoms with E-state index in [1.54, 1.807) is 30.3 Å². The number of nitrogens with one attached hydrogen (secondary N) is 1. The van der Waals surface area contributed by atoms with E-state index in [-0.39, 0.29) is 17.9 Å². The van der Waals surface area contributed by atoms with Crippen molar-refractivity contribution < 1.29 is 14.3 Å². The van der Waals surface area contributed by atoms with Crippen LogP contribution >= 0.6 is 0 Å². The summed E-state index contributed by atoms with van der Waals surface area (Å²) in [5.74, 6) is -0.161. The number of nitrogens with zero attached hydrogens (tertiary/aromatic N) is 1. The monoisotopic (exact) mass is 338 g/mol. The van der Waals surface area contributed by atoms with Crippen LogP contribution in [-0.2, 0) is 4.74 Å². The van der Waals surface area contributed by atoms with Gasteiger partial charge in [0.05, 0.1) is 19.3 Å². The summed E-state index contributed by atoms with van der Waals surface area (Å²) in [4.78, 5) is 26.8. The Morgan fingerprint density at radius 1 is 1.12 bits per heavy atom. The molecule has 25 heavy (non-hydrogen) atoms. The maximum Gasteiger partial charge on any atom is 0.255 e. The fraction of sp³-hybridized carbons (Fsp3) is 0.300. The smallest absolute Gasteiger partial charge is 0.255 e. The predicted molar refractivity (Wildman–Crippen MR) is 96.9 cm³/mol. The molecular weight excluding hydrogens is 316 g/mol. The summed E-state index contributed by atoms with van der Waals surface area (Å²) in [6, 6.07) is 14.5. The van der Waals surface area contributed by atoms with Gasteiger partial charge in [0.2, 0.25) is 0 Å². The number of rotatable bonds is 3. The third-order valence-corrected chi connectivity index (χ3v) is 4.41. The van der Waals surface area contributed by atoms with E-state index in [1.807, 2.05) is 36.9 Å². The van der Waals surface area contributed by atoms with Gasteiger partial charge < -0.3 is 15.0 Å². The average molecular weight is 338 g/mol. The van der Waals surface area contributed by atoms with Crippen molar-refractivity contribution in [3.05, 3.63) is 65.2 Å². The first-order valence-corrected chi connectivity index (χ1v) is 8.42. The average Bonchev–Trinajstić information content (AvgIpc) is 2.62. The van der Waals surface area contributed by atoms with Gasteiger partial charge in [-0.2, -0.15) is 0 Å².